The lowest BCUT2D eigenvalue weighted by atomic mass is 10.0. The van der Waals surface area contributed by atoms with Crippen LogP contribution in [0.5, 0.6) is 0 Å². The van der Waals surface area contributed by atoms with Crippen LogP contribution < -0.4 is 21.3 Å². The third-order valence-corrected chi connectivity index (χ3v) is 7.63. The van der Waals surface area contributed by atoms with Gasteiger partial charge >= 0.3 is 6.09 Å². The highest BCUT2D eigenvalue weighted by Gasteiger charge is 2.31. The molecule has 0 saturated heterocycles. The fraction of sp³-hybridized carbons (Fsp3) is 0.400. The van der Waals surface area contributed by atoms with Crippen LogP contribution >= 0.6 is 11.6 Å². The van der Waals surface area contributed by atoms with E-state index in [1.165, 1.54) is 31.4 Å². The number of amides is 4. The topological polar surface area (TPSA) is 138 Å². The molecule has 0 radical (unpaired) electrons. The van der Waals surface area contributed by atoms with E-state index in [0.717, 1.165) is 0 Å². The number of methoxy groups -OCH3 is 1. The number of anilines is 3. The van der Waals surface area contributed by atoms with E-state index < -0.39 is 30.0 Å². The molecule has 0 spiro atoms. The first kappa shape index (κ1) is 31.6. The van der Waals surface area contributed by atoms with E-state index >= 15 is 0 Å². The highest BCUT2D eigenvalue weighted by Crippen LogP contribution is 2.39. The van der Waals surface area contributed by atoms with E-state index in [9.17, 15) is 23.6 Å². The summed E-state index contributed by atoms with van der Waals surface area (Å²) in [5.74, 6) is -1.45. The first-order valence-corrected chi connectivity index (χ1v) is 14.5. The van der Waals surface area contributed by atoms with Crippen molar-refractivity contribution in [3.8, 4) is 0 Å². The number of hydrogen-bond acceptors (Lipinski definition) is 7. The van der Waals surface area contributed by atoms with Crippen LogP contribution in [0.1, 0.15) is 67.5 Å². The van der Waals surface area contributed by atoms with Crippen LogP contribution in [0.4, 0.5) is 26.2 Å². The fourth-order valence-corrected chi connectivity index (χ4v) is 5.30. The van der Waals surface area contributed by atoms with E-state index in [0.29, 0.717) is 43.6 Å². The Morgan fingerprint density at radius 2 is 1.95 bits per heavy atom. The number of likely N-dealkylation sites (N-methyl/N-ethyl adjacent to an activating group) is 1. The molecule has 0 aromatic heterocycles. The summed E-state index contributed by atoms with van der Waals surface area (Å²) in [6, 6.07) is 6.68. The average Bonchev–Trinajstić information content (AvgIpc) is 2.97. The minimum absolute atomic E-state index is 0.0364. The maximum atomic E-state index is 15.0. The zero-order chi connectivity index (χ0) is 31.1. The molecule has 0 aliphatic carbocycles. The van der Waals surface area contributed by atoms with Gasteiger partial charge in [0, 0.05) is 31.6 Å². The van der Waals surface area contributed by atoms with Gasteiger partial charge in [-0.1, -0.05) is 24.4 Å². The van der Waals surface area contributed by atoms with E-state index in [4.69, 9.17) is 16.3 Å². The first-order chi connectivity index (χ1) is 20.6. The van der Waals surface area contributed by atoms with Crippen molar-refractivity contribution in [2.75, 3.05) is 36.1 Å². The van der Waals surface area contributed by atoms with Gasteiger partial charge in [0.2, 0.25) is 11.8 Å². The van der Waals surface area contributed by atoms with Crippen molar-refractivity contribution in [1.82, 2.24) is 10.2 Å². The summed E-state index contributed by atoms with van der Waals surface area (Å²) in [7, 11) is 1.22. The number of halogens is 2. The molecule has 43 heavy (non-hydrogen) atoms. The molecule has 0 saturated carbocycles. The van der Waals surface area contributed by atoms with Gasteiger partial charge in [0.15, 0.2) is 11.7 Å². The van der Waals surface area contributed by atoms with Gasteiger partial charge in [-0.3, -0.25) is 19.7 Å². The summed E-state index contributed by atoms with van der Waals surface area (Å²) in [5, 5.41) is 11.0. The molecular formula is C30H35ClFN5O6. The number of carbonyl (C=O) groups is 4. The van der Waals surface area contributed by atoms with Gasteiger partial charge in [-0.05, 0) is 56.7 Å². The quantitative estimate of drug-likeness (QED) is 0.334. The molecule has 4 amide bonds. The van der Waals surface area contributed by atoms with Crippen molar-refractivity contribution < 1.29 is 33.0 Å². The third-order valence-electron chi connectivity index (χ3n) is 7.34. The minimum atomic E-state index is -0.842. The smallest absolute Gasteiger partial charge is 0.411 e. The van der Waals surface area contributed by atoms with Crippen LogP contribution in [0.2, 0.25) is 5.02 Å². The Hall–Kier alpha value is -4.32. The summed E-state index contributed by atoms with van der Waals surface area (Å²) >= 11 is 6.03. The molecular weight excluding hydrogens is 581 g/mol. The van der Waals surface area contributed by atoms with Gasteiger partial charge in [-0.2, -0.15) is 0 Å². The van der Waals surface area contributed by atoms with Gasteiger partial charge < -0.3 is 30.3 Å². The van der Waals surface area contributed by atoms with Crippen LogP contribution in [0.3, 0.4) is 0 Å². The van der Waals surface area contributed by atoms with Crippen molar-refractivity contribution in [2.24, 2.45) is 0 Å². The molecule has 2 heterocycles. The zero-order valence-electron chi connectivity index (χ0n) is 24.1. The Balaban J connectivity index is 1.53. The molecule has 2 aromatic rings. The average molecular weight is 616 g/mol. The number of carbonyl (C=O) groups excluding carboxylic acids is 4. The maximum Gasteiger partial charge on any atom is 0.411 e. The molecule has 2 unspecified atom stereocenters. The van der Waals surface area contributed by atoms with Crippen molar-refractivity contribution in [3.63, 3.8) is 0 Å². The largest absolute Gasteiger partial charge is 0.471 e. The summed E-state index contributed by atoms with van der Waals surface area (Å²) in [4.78, 5) is 53.0. The Labute approximate surface area is 254 Å². The lowest BCUT2D eigenvalue weighted by molar-refractivity contribution is -0.133. The second-order valence-electron chi connectivity index (χ2n) is 10.2. The van der Waals surface area contributed by atoms with E-state index in [-0.39, 0.29) is 58.9 Å². The number of rotatable bonds is 6. The second-order valence-corrected chi connectivity index (χ2v) is 10.6. The van der Waals surface area contributed by atoms with Gasteiger partial charge in [0.1, 0.15) is 12.1 Å². The number of hydrogen-bond donors (Lipinski definition) is 4. The molecule has 2 aliphatic rings. The monoisotopic (exact) mass is 615 g/mol. The van der Waals surface area contributed by atoms with Crippen LogP contribution in [0.25, 0.3) is 0 Å². The SMILES string of the molecule is C=C1Nc2ccc(Cl)c(F)c2C(CCN(CC)C(=O)C2CCCCCC(=O)Nc3cc(NC(=O)OC)ccc3C(=O)N2)O1. The second kappa shape index (κ2) is 14.2. The first-order valence-electron chi connectivity index (χ1n) is 14.1. The number of nitrogens with one attached hydrogen (secondary N) is 4. The fourth-order valence-electron chi connectivity index (χ4n) is 5.13. The molecule has 2 aromatic carbocycles. The van der Waals surface area contributed by atoms with Crippen molar-refractivity contribution >= 4 is 52.5 Å². The summed E-state index contributed by atoms with van der Waals surface area (Å²) < 4.78 is 25.4. The third kappa shape index (κ3) is 7.75. The number of fused-ring (bicyclic) bond motifs is 2. The lowest BCUT2D eigenvalue weighted by Crippen LogP contribution is -2.49. The molecule has 13 heteroatoms. The normalized spacial score (nSPS) is 18.7. The minimum Gasteiger partial charge on any atom is -0.471 e. The Bertz CT molecular complexity index is 1420. The van der Waals surface area contributed by atoms with Gasteiger partial charge in [-0.15, -0.1) is 0 Å². The molecule has 11 nitrogen and oxygen atoms in total. The zero-order valence-corrected chi connectivity index (χ0v) is 24.8. The summed E-state index contributed by atoms with van der Waals surface area (Å²) in [5.41, 5.74) is 1.41. The molecule has 4 rings (SSSR count). The number of nitrogens with zero attached hydrogens (tertiary/aromatic N) is 1. The van der Waals surface area contributed by atoms with Gasteiger partial charge in [0.25, 0.3) is 5.91 Å². The van der Waals surface area contributed by atoms with E-state index in [1.807, 2.05) is 6.92 Å². The molecule has 0 bridgehead atoms. The van der Waals surface area contributed by atoms with Gasteiger partial charge in [-0.25, -0.2) is 9.18 Å². The molecule has 4 N–H and O–H groups in total. The summed E-state index contributed by atoms with van der Waals surface area (Å²) in [6.07, 6.45) is 1.32. The number of ether oxygens (including phenoxy) is 2. The lowest BCUT2D eigenvalue weighted by Gasteiger charge is -2.32. The highest BCUT2D eigenvalue weighted by molar-refractivity contribution is 6.30. The van der Waals surface area contributed by atoms with Crippen molar-refractivity contribution in [3.05, 3.63) is 64.8 Å². The predicted molar refractivity (Wildman–Crippen MR) is 160 cm³/mol. The highest BCUT2D eigenvalue weighted by atomic mass is 35.5. The summed E-state index contributed by atoms with van der Waals surface area (Å²) in [6.45, 7) is 6.20. The predicted octanol–water partition coefficient (Wildman–Crippen LogP) is 5.55. The van der Waals surface area contributed by atoms with Crippen LogP contribution in [0.15, 0.2) is 42.8 Å². The van der Waals surface area contributed by atoms with Crippen LogP contribution in [-0.2, 0) is 19.1 Å². The van der Waals surface area contributed by atoms with Crippen molar-refractivity contribution in [2.45, 2.75) is 57.6 Å². The Morgan fingerprint density at radius 3 is 2.70 bits per heavy atom. The Kier molecular flexibility index (Phi) is 10.5. The van der Waals surface area contributed by atoms with Crippen molar-refractivity contribution in [1.29, 1.82) is 0 Å². The molecule has 0 fully saturated rings. The standard InChI is InChI=1S/C30H35ClFN5O6/c1-4-37(15-14-24-26-21(33-17(2)43-24)13-12-20(31)27(26)32)29(40)22-8-6-5-7-9-25(38)35-23-16-18(34-30(41)42-3)10-11-19(23)28(39)36-22/h10-13,16,22,24,33H,2,4-9,14-15H2,1,3H3,(H,34,41)(H,35,38)(H,36,39). The molecule has 2 atom stereocenters. The van der Waals surface area contributed by atoms with E-state index in [1.54, 1.807) is 11.0 Å². The van der Waals surface area contributed by atoms with Crippen LogP contribution in [0, 0.1) is 5.82 Å². The molecule has 2 aliphatic heterocycles. The van der Waals surface area contributed by atoms with E-state index in [2.05, 4.69) is 32.6 Å². The maximum absolute atomic E-state index is 15.0. The number of benzene rings is 2. The van der Waals surface area contributed by atoms with Crippen LogP contribution in [-0.4, -0.2) is 55.0 Å². The Morgan fingerprint density at radius 1 is 1.16 bits per heavy atom. The molecule has 230 valence electrons. The van der Waals surface area contributed by atoms with Gasteiger partial charge in [0.05, 0.1) is 34.6 Å².